The predicted octanol–water partition coefficient (Wildman–Crippen LogP) is 11.9. The van der Waals surface area contributed by atoms with E-state index in [1.165, 1.54) is 0 Å². The molecule has 2 heterocycles. The van der Waals surface area contributed by atoms with Crippen LogP contribution in [0.3, 0.4) is 0 Å². The first-order valence-electron chi connectivity index (χ1n) is 25.5. The third-order valence-electron chi connectivity index (χ3n) is 11.1. The summed E-state index contributed by atoms with van der Waals surface area (Å²) in [5.41, 5.74) is 11.5. The molecule has 0 aliphatic rings. The molecule has 0 saturated carbocycles. The second-order valence-electron chi connectivity index (χ2n) is 20.0. The van der Waals surface area contributed by atoms with Gasteiger partial charge in [-0.1, -0.05) is 127 Å². The Morgan fingerprint density at radius 2 is 0.857 bits per heavy atom. The zero-order chi connectivity index (χ0) is 54.9. The highest BCUT2D eigenvalue weighted by molar-refractivity contribution is 5.73. The second kappa shape index (κ2) is 29.4. The summed E-state index contributed by atoms with van der Waals surface area (Å²) in [5, 5.41) is 5.47. The maximum Gasteiger partial charge on any atom is 0.408 e. The monoisotopic (exact) mass is 1040 g/mol. The zero-order valence-electron chi connectivity index (χ0n) is 44.7. The molecule has 0 aliphatic carbocycles. The molecule has 3 atom stereocenters. The Balaban J connectivity index is 0.000000189. The van der Waals surface area contributed by atoms with Gasteiger partial charge in [-0.15, -0.1) is 0 Å². The van der Waals surface area contributed by atoms with Gasteiger partial charge in [-0.2, -0.15) is 0 Å². The molecule has 0 spiro atoms. The number of imidazole rings is 2. The number of aromatic amines is 2. The number of hydrogen-bond donors (Lipinski definition) is 5. The molecular weight excluding hydrogens is 971 g/mol. The van der Waals surface area contributed by atoms with E-state index >= 15 is 0 Å². The fourth-order valence-electron chi connectivity index (χ4n) is 7.43. The molecule has 6 N–H and O–H groups in total. The number of nitrogens with zero attached hydrogens (tertiary/aromatic N) is 2. The van der Waals surface area contributed by atoms with E-state index in [9.17, 15) is 14.4 Å². The lowest BCUT2D eigenvalue weighted by atomic mass is 10.1. The maximum atomic E-state index is 12.2. The van der Waals surface area contributed by atoms with Gasteiger partial charge in [0, 0.05) is 31.2 Å². The summed E-state index contributed by atoms with van der Waals surface area (Å²) in [7, 11) is 0. The van der Waals surface area contributed by atoms with Crippen LogP contribution >= 0.6 is 0 Å². The van der Waals surface area contributed by atoms with Crippen molar-refractivity contribution < 1.29 is 38.1 Å². The van der Waals surface area contributed by atoms with Gasteiger partial charge in [0.2, 0.25) is 0 Å². The van der Waals surface area contributed by atoms with Gasteiger partial charge in [0.1, 0.15) is 66.2 Å². The molecular formula is C62H71N7O8. The van der Waals surface area contributed by atoms with Gasteiger partial charge in [-0.05, 0) is 124 Å². The average molecular weight is 1040 g/mol. The molecule has 2 amide bonds. The summed E-state index contributed by atoms with van der Waals surface area (Å²) in [5.74, 6) is 3.90. The molecule has 0 fully saturated rings. The minimum absolute atomic E-state index is 0.119. The van der Waals surface area contributed by atoms with Crippen LogP contribution in [0.5, 0.6) is 17.2 Å². The minimum atomic E-state index is -0.638. The Hall–Kier alpha value is -8.69. The number of aldehydes is 1. The number of carbonyl (C=O) groups excluding carboxylic acids is 3. The summed E-state index contributed by atoms with van der Waals surface area (Å²) in [4.78, 5) is 49.9. The SMILES string of the molecule is CC(C)(C)OC(=O)N[C@@H](Cc1ccc(OCc2ccccc2)cc1)c1ncc[nH]1.CC(C)(C)OC(=O)N[C@H](C=O)Cc1ccc(OCc2ccccc2)cc1.N[C@@H](Cc1ccc(OCc2ccccc2)cc1)c1ncc[nH]1. The van der Waals surface area contributed by atoms with Gasteiger partial charge < -0.3 is 54.8 Å². The van der Waals surface area contributed by atoms with Gasteiger partial charge in [0.05, 0.1) is 18.1 Å². The van der Waals surface area contributed by atoms with Gasteiger partial charge >= 0.3 is 12.2 Å². The number of rotatable bonds is 20. The lowest BCUT2D eigenvalue weighted by Gasteiger charge is -2.23. The largest absolute Gasteiger partial charge is 0.489 e. The molecule has 0 saturated heterocycles. The van der Waals surface area contributed by atoms with Crippen LogP contribution in [0.25, 0.3) is 0 Å². The zero-order valence-corrected chi connectivity index (χ0v) is 44.7. The number of hydrogen-bond acceptors (Lipinski definition) is 11. The van der Waals surface area contributed by atoms with Gasteiger partial charge in [0.25, 0.3) is 0 Å². The number of benzene rings is 6. The second-order valence-corrected chi connectivity index (χ2v) is 20.0. The molecule has 15 heteroatoms. The topological polar surface area (TPSA) is 205 Å². The van der Waals surface area contributed by atoms with E-state index in [4.69, 9.17) is 29.4 Å². The summed E-state index contributed by atoms with van der Waals surface area (Å²) in [6.45, 7) is 12.4. The van der Waals surface area contributed by atoms with E-state index in [0.29, 0.717) is 44.8 Å². The van der Waals surface area contributed by atoms with Crippen molar-refractivity contribution in [3.63, 3.8) is 0 Å². The molecule has 0 bridgehead atoms. The Morgan fingerprint density at radius 1 is 0.494 bits per heavy atom. The molecule has 6 aromatic carbocycles. The number of nitrogens with two attached hydrogens (primary N) is 1. The summed E-state index contributed by atoms with van der Waals surface area (Å²) < 4.78 is 27.9. The Kier molecular flexibility index (Phi) is 22.0. The van der Waals surface area contributed by atoms with Gasteiger partial charge in [0.15, 0.2) is 0 Å². The molecule has 8 rings (SSSR count). The first-order chi connectivity index (χ1) is 37.1. The standard InChI is InChI=1S/C23H27N3O3.C21H25NO4.C18H19N3O/c1-23(2,3)29-22(27)26-20(21-24-13-14-25-21)15-17-9-11-19(12-10-17)28-16-18-7-5-4-6-8-18;1-21(2,3)26-20(24)22-18(14-23)13-16-9-11-19(12-10-16)25-15-17-7-5-4-6-8-17;19-17(18-20-10-11-21-18)12-14-6-8-16(9-7-14)22-13-15-4-2-1-3-5-15/h4-14,20H,15-16H2,1-3H3,(H,24,25)(H,26,27);4-12,14,18H,13,15H2,1-3H3,(H,22,24);1-11,17H,12-13,19H2,(H,20,21)/t20-;18-;17-/m000/s1. The predicted molar refractivity (Wildman–Crippen MR) is 298 cm³/mol. The minimum Gasteiger partial charge on any atom is -0.489 e. The third-order valence-corrected chi connectivity index (χ3v) is 11.1. The molecule has 8 aromatic rings. The highest BCUT2D eigenvalue weighted by atomic mass is 16.6. The van der Waals surface area contributed by atoms with Crippen LogP contribution in [-0.4, -0.2) is 55.7 Å². The molecule has 15 nitrogen and oxygen atoms in total. The van der Waals surface area contributed by atoms with Crippen LogP contribution in [0, 0.1) is 0 Å². The van der Waals surface area contributed by atoms with Crippen LogP contribution in [0.1, 0.15) is 98.7 Å². The summed E-state index contributed by atoms with van der Waals surface area (Å²) in [6, 6.07) is 52.4. The fraction of sp³-hybridized carbons (Fsp3) is 0.274. The molecule has 77 heavy (non-hydrogen) atoms. The van der Waals surface area contributed by atoms with Crippen molar-refractivity contribution in [1.29, 1.82) is 0 Å². The molecule has 402 valence electrons. The number of nitrogens with one attached hydrogen (secondary N) is 4. The van der Waals surface area contributed by atoms with Gasteiger partial charge in [-0.3, -0.25) is 0 Å². The van der Waals surface area contributed by atoms with E-state index in [-0.39, 0.29) is 12.1 Å². The van der Waals surface area contributed by atoms with Crippen molar-refractivity contribution in [2.24, 2.45) is 5.73 Å². The third kappa shape index (κ3) is 22.0. The summed E-state index contributed by atoms with van der Waals surface area (Å²) >= 11 is 0. The fourth-order valence-corrected chi connectivity index (χ4v) is 7.43. The van der Waals surface area contributed by atoms with Gasteiger partial charge in [-0.25, -0.2) is 19.6 Å². The lowest BCUT2D eigenvalue weighted by Crippen LogP contribution is -2.41. The number of carbonyl (C=O) groups is 3. The summed E-state index contributed by atoms with van der Waals surface area (Å²) in [6.07, 6.45) is 8.26. The Morgan fingerprint density at radius 3 is 1.22 bits per heavy atom. The Bertz CT molecular complexity index is 2910. The van der Waals surface area contributed by atoms with Crippen molar-refractivity contribution in [2.75, 3.05) is 0 Å². The van der Waals surface area contributed by atoms with Crippen molar-refractivity contribution in [3.05, 3.63) is 234 Å². The van der Waals surface area contributed by atoms with Crippen LogP contribution in [-0.2, 0) is 53.4 Å². The molecule has 0 radical (unpaired) electrons. The first kappa shape index (κ1) is 57.6. The van der Waals surface area contributed by atoms with Crippen molar-refractivity contribution in [1.82, 2.24) is 30.6 Å². The normalized spacial score (nSPS) is 12.1. The van der Waals surface area contributed by atoms with Crippen molar-refractivity contribution in [3.8, 4) is 17.2 Å². The smallest absolute Gasteiger partial charge is 0.408 e. The highest BCUT2D eigenvalue weighted by Crippen LogP contribution is 2.22. The van der Waals surface area contributed by atoms with Crippen molar-refractivity contribution >= 4 is 18.5 Å². The van der Waals surface area contributed by atoms with E-state index < -0.39 is 29.4 Å². The Labute approximate surface area is 451 Å². The van der Waals surface area contributed by atoms with E-state index in [1.807, 2.05) is 172 Å². The number of ether oxygens (including phenoxy) is 5. The van der Waals surface area contributed by atoms with Crippen LogP contribution in [0.4, 0.5) is 9.59 Å². The van der Waals surface area contributed by atoms with Crippen LogP contribution < -0.4 is 30.6 Å². The van der Waals surface area contributed by atoms with Crippen molar-refractivity contribution in [2.45, 2.75) is 110 Å². The quantitative estimate of drug-likeness (QED) is 0.0454. The number of amides is 2. The lowest BCUT2D eigenvalue weighted by molar-refractivity contribution is -0.109. The molecule has 0 aliphatic heterocycles. The number of H-pyrrole nitrogens is 2. The number of aromatic nitrogens is 4. The van der Waals surface area contributed by atoms with E-state index in [1.54, 1.807) is 45.6 Å². The maximum absolute atomic E-state index is 12.2. The highest BCUT2D eigenvalue weighted by Gasteiger charge is 2.23. The number of alkyl carbamates (subject to hydrolysis) is 2. The van der Waals surface area contributed by atoms with Crippen LogP contribution in [0.2, 0.25) is 0 Å². The average Bonchev–Trinajstić information content (AvgIpc) is 4.17. The van der Waals surface area contributed by atoms with E-state index in [2.05, 4.69) is 42.7 Å². The van der Waals surface area contributed by atoms with E-state index in [0.717, 1.165) is 62.9 Å². The molecule has 2 aromatic heterocycles. The first-order valence-corrected chi connectivity index (χ1v) is 25.5. The van der Waals surface area contributed by atoms with Crippen LogP contribution in [0.15, 0.2) is 189 Å². The molecule has 0 unspecified atom stereocenters.